The Balaban J connectivity index is 1.13. The summed E-state index contributed by atoms with van der Waals surface area (Å²) in [6.07, 6.45) is 1.64. The standard InChI is InChI=1S/C25H25ClN4O4S/c1-33-16-5-4-6-17-20(16)15-12-29(11-14(15)13-34-17)9-2-3-10-30-24(31)23-22(28-25(30)32)21-18(35-23)7-8-19(26)27-21/h4-8,14-15H,2-3,9-13H2,1H3,(H,28,32)/t14-,15+/m1/s1. The maximum atomic E-state index is 13.1. The summed E-state index contributed by atoms with van der Waals surface area (Å²) in [6.45, 7) is 3.96. The number of benzene rings is 1. The number of H-pyrrole nitrogens is 1. The minimum absolute atomic E-state index is 0.268. The fourth-order valence-corrected chi connectivity index (χ4v) is 6.64. The summed E-state index contributed by atoms with van der Waals surface area (Å²) in [4.78, 5) is 35.3. The lowest BCUT2D eigenvalue weighted by Crippen LogP contribution is -2.34. The Labute approximate surface area is 210 Å². The molecule has 8 nitrogen and oxygen atoms in total. The lowest BCUT2D eigenvalue weighted by atomic mass is 9.86. The highest BCUT2D eigenvalue weighted by Gasteiger charge is 2.40. The Hall–Kier alpha value is -2.88. The van der Waals surface area contributed by atoms with Gasteiger partial charge in [-0.1, -0.05) is 17.7 Å². The average molecular weight is 513 g/mol. The third-order valence-corrected chi connectivity index (χ3v) is 8.45. The van der Waals surface area contributed by atoms with Crippen molar-refractivity contribution in [3.05, 3.63) is 61.9 Å². The van der Waals surface area contributed by atoms with Gasteiger partial charge in [-0.25, -0.2) is 9.78 Å². The topological polar surface area (TPSA) is 89.5 Å². The first-order chi connectivity index (χ1) is 17.0. The third-order valence-electron chi connectivity index (χ3n) is 7.11. The molecule has 0 unspecified atom stereocenters. The maximum Gasteiger partial charge on any atom is 0.328 e. The molecule has 6 rings (SSSR count). The molecule has 0 radical (unpaired) electrons. The molecule has 0 spiro atoms. The number of ether oxygens (including phenoxy) is 2. The van der Waals surface area contributed by atoms with Gasteiger partial charge in [0.05, 0.1) is 23.9 Å². The number of pyridine rings is 1. The van der Waals surface area contributed by atoms with E-state index in [0.717, 1.165) is 55.3 Å². The van der Waals surface area contributed by atoms with Crippen molar-refractivity contribution in [2.45, 2.75) is 25.3 Å². The van der Waals surface area contributed by atoms with Crippen LogP contribution in [0.3, 0.4) is 0 Å². The largest absolute Gasteiger partial charge is 0.496 e. The van der Waals surface area contributed by atoms with Crippen LogP contribution in [-0.2, 0) is 6.54 Å². The fourth-order valence-electron chi connectivity index (χ4n) is 5.45. The Morgan fingerprint density at radius 1 is 1.20 bits per heavy atom. The second kappa shape index (κ2) is 8.96. The van der Waals surface area contributed by atoms with Crippen molar-refractivity contribution in [1.82, 2.24) is 19.4 Å². The van der Waals surface area contributed by atoms with E-state index in [1.165, 1.54) is 21.5 Å². The number of nitrogens with zero attached hydrogens (tertiary/aromatic N) is 3. The molecule has 1 saturated heterocycles. The first-order valence-electron chi connectivity index (χ1n) is 11.8. The Bertz CT molecular complexity index is 1530. The molecule has 182 valence electrons. The molecule has 3 aromatic heterocycles. The van der Waals surface area contributed by atoms with Crippen molar-refractivity contribution in [1.29, 1.82) is 0 Å². The Morgan fingerprint density at radius 2 is 2.06 bits per heavy atom. The van der Waals surface area contributed by atoms with E-state index in [4.69, 9.17) is 21.1 Å². The zero-order valence-electron chi connectivity index (χ0n) is 19.3. The predicted molar refractivity (Wildman–Crippen MR) is 137 cm³/mol. The number of aromatic nitrogens is 3. The summed E-state index contributed by atoms with van der Waals surface area (Å²) >= 11 is 7.34. The van der Waals surface area contributed by atoms with Crippen molar-refractivity contribution in [3.8, 4) is 11.5 Å². The van der Waals surface area contributed by atoms with Crippen LogP contribution in [0.25, 0.3) is 20.4 Å². The van der Waals surface area contributed by atoms with Crippen LogP contribution in [0.4, 0.5) is 0 Å². The van der Waals surface area contributed by atoms with Gasteiger partial charge in [0.15, 0.2) is 0 Å². The molecule has 1 N–H and O–H groups in total. The summed E-state index contributed by atoms with van der Waals surface area (Å²) in [5, 5.41) is 0.331. The molecule has 2 aliphatic rings. The number of likely N-dealkylation sites (tertiary alicyclic amines) is 1. The van der Waals surface area contributed by atoms with Crippen molar-refractivity contribution in [2.75, 3.05) is 33.4 Å². The zero-order chi connectivity index (χ0) is 24.1. The normalized spacial score (nSPS) is 19.6. The minimum atomic E-state index is -0.406. The van der Waals surface area contributed by atoms with Gasteiger partial charge in [0, 0.05) is 37.0 Å². The molecule has 1 fully saturated rings. The van der Waals surface area contributed by atoms with Gasteiger partial charge in [-0.05, 0) is 43.7 Å². The lowest BCUT2D eigenvalue weighted by Gasteiger charge is -2.29. The summed E-state index contributed by atoms with van der Waals surface area (Å²) in [5.74, 6) is 2.67. The van der Waals surface area contributed by atoms with E-state index in [1.807, 2.05) is 24.3 Å². The van der Waals surface area contributed by atoms with Crippen molar-refractivity contribution >= 4 is 43.4 Å². The number of fused-ring (bicyclic) bond motifs is 6. The molecule has 2 aliphatic heterocycles. The first kappa shape index (κ1) is 22.6. The van der Waals surface area contributed by atoms with E-state index in [9.17, 15) is 9.59 Å². The number of unbranched alkanes of at least 4 members (excludes halogenated alkanes) is 1. The van der Waals surface area contributed by atoms with Gasteiger partial charge >= 0.3 is 5.69 Å². The first-order valence-corrected chi connectivity index (χ1v) is 13.0. The molecule has 10 heteroatoms. The number of hydrogen-bond donors (Lipinski definition) is 1. The molecule has 0 amide bonds. The number of methoxy groups -OCH3 is 1. The van der Waals surface area contributed by atoms with Gasteiger partial charge in [0.2, 0.25) is 0 Å². The van der Waals surface area contributed by atoms with Gasteiger partial charge in [-0.2, -0.15) is 0 Å². The highest BCUT2D eigenvalue weighted by molar-refractivity contribution is 7.25. The van der Waals surface area contributed by atoms with Gasteiger partial charge in [-0.15, -0.1) is 11.3 Å². The number of rotatable bonds is 6. The predicted octanol–water partition coefficient (Wildman–Crippen LogP) is 3.85. The lowest BCUT2D eigenvalue weighted by molar-refractivity contribution is 0.209. The van der Waals surface area contributed by atoms with E-state index in [2.05, 4.69) is 14.9 Å². The van der Waals surface area contributed by atoms with E-state index >= 15 is 0 Å². The molecule has 5 heterocycles. The van der Waals surface area contributed by atoms with Crippen LogP contribution < -0.4 is 20.7 Å². The summed E-state index contributed by atoms with van der Waals surface area (Å²) in [7, 11) is 1.71. The molecule has 35 heavy (non-hydrogen) atoms. The fraction of sp³-hybridized carbons (Fsp3) is 0.400. The monoisotopic (exact) mass is 512 g/mol. The van der Waals surface area contributed by atoms with E-state index in [1.54, 1.807) is 13.2 Å². The van der Waals surface area contributed by atoms with Crippen LogP contribution in [0, 0.1) is 5.92 Å². The quantitative estimate of drug-likeness (QED) is 0.312. The SMILES string of the molecule is COc1cccc2c1[C@H]1CN(CCCCn3c(=O)[nH]c4c(sc5ccc(Cl)nc54)c3=O)C[C@@H]1CO2. The zero-order valence-corrected chi connectivity index (χ0v) is 20.8. The summed E-state index contributed by atoms with van der Waals surface area (Å²) in [6, 6.07) is 9.50. The molecule has 4 aromatic rings. The van der Waals surface area contributed by atoms with Crippen LogP contribution in [0.2, 0.25) is 5.15 Å². The van der Waals surface area contributed by atoms with E-state index in [-0.39, 0.29) is 5.56 Å². The second-order valence-corrected chi connectivity index (χ2v) is 10.6. The van der Waals surface area contributed by atoms with Crippen LogP contribution in [0.1, 0.15) is 24.3 Å². The van der Waals surface area contributed by atoms with Gasteiger partial charge in [0.25, 0.3) is 5.56 Å². The molecule has 0 bridgehead atoms. The molecule has 2 atom stereocenters. The molecular weight excluding hydrogens is 488 g/mol. The molecule has 0 saturated carbocycles. The number of nitrogens with one attached hydrogen (secondary N) is 1. The average Bonchev–Trinajstić information content (AvgIpc) is 3.44. The Kier molecular flexibility index (Phi) is 5.78. The van der Waals surface area contributed by atoms with Crippen molar-refractivity contribution in [2.24, 2.45) is 5.92 Å². The van der Waals surface area contributed by atoms with Crippen LogP contribution in [-0.4, -0.2) is 52.8 Å². The van der Waals surface area contributed by atoms with Crippen LogP contribution in [0.15, 0.2) is 39.9 Å². The van der Waals surface area contributed by atoms with E-state index in [0.29, 0.717) is 39.3 Å². The number of hydrogen-bond acceptors (Lipinski definition) is 7. The molecular formula is C25H25ClN4O4S. The number of halogens is 1. The second-order valence-electron chi connectivity index (χ2n) is 9.19. The maximum absolute atomic E-state index is 13.1. The molecule has 0 aliphatic carbocycles. The highest BCUT2D eigenvalue weighted by atomic mass is 35.5. The number of thiophene rings is 1. The van der Waals surface area contributed by atoms with E-state index < -0.39 is 5.69 Å². The third kappa shape index (κ3) is 3.91. The van der Waals surface area contributed by atoms with Gasteiger partial charge in [-0.3, -0.25) is 9.36 Å². The van der Waals surface area contributed by atoms with Crippen LogP contribution in [0.5, 0.6) is 11.5 Å². The van der Waals surface area contributed by atoms with Crippen molar-refractivity contribution in [3.63, 3.8) is 0 Å². The minimum Gasteiger partial charge on any atom is -0.496 e. The van der Waals surface area contributed by atoms with Gasteiger partial charge in [0.1, 0.15) is 26.9 Å². The van der Waals surface area contributed by atoms with Crippen molar-refractivity contribution < 1.29 is 9.47 Å². The van der Waals surface area contributed by atoms with Gasteiger partial charge < -0.3 is 19.4 Å². The van der Waals surface area contributed by atoms with Crippen LogP contribution >= 0.6 is 22.9 Å². The smallest absolute Gasteiger partial charge is 0.328 e. The molecule has 1 aromatic carbocycles. The number of aromatic amines is 1. The summed E-state index contributed by atoms with van der Waals surface area (Å²) in [5.41, 5.74) is 1.54. The summed E-state index contributed by atoms with van der Waals surface area (Å²) < 4.78 is 14.3. The Morgan fingerprint density at radius 3 is 2.91 bits per heavy atom. The highest BCUT2D eigenvalue weighted by Crippen LogP contribution is 2.46.